The Kier molecular flexibility index (Phi) is 6.38. The number of amides is 1. The van der Waals surface area contributed by atoms with Gasteiger partial charge in [-0.3, -0.25) is 4.79 Å². The zero-order valence-corrected chi connectivity index (χ0v) is 17.6. The summed E-state index contributed by atoms with van der Waals surface area (Å²) in [6, 6.07) is 11.0. The van der Waals surface area contributed by atoms with E-state index in [2.05, 4.69) is 74.6 Å². The van der Waals surface area contributed by atoms with E-state index < -0.39 is 0 Å². The number of thiophene rings is 1. The van der Waals surface area contributed by atoms with Gasteiger partial charge >= 0.3 is 0 Å². The second-order valence-corrected chi connectivity index (χ2v) is 8.32. The Hall–Kier alpha value is -2.07. The van der Waals surface area contributed by atoms with E-state index in [9.17, 15) is 4.79 Å². The Morgan fingerprint density at radius 2 is 2.00 bits per heavy atom. The zero-order chi connectivity index (χ0) is 19.4. The quantitative estimate of drug-likeness (QED) is 0.479. The molecule has 0 radical (unpaired) electrons. The molecule has 2 heterocycles. The second kappa shape index (κ2) is 8.75. The molecule has 0 aliphatic heterocycles. The number of fused-ring (bicyclic) bond motifs is 1. The predicted molar refractivity (Wildman–Crippen MR) is 116 cm³/mol. The van der Waals surface area contributed by atoms with Gasteiger partial charge in [0.15, 0.2) is 0 Å². The lowest BCUT2D eigenvalue weighted by Crippen LogP contribution is -2.38. The second-order valence-electron chi connectivity index (χ2n) is 7.37. The normalized spacial score (nSPS) is 13.6. The fraction of sp³-hybridized carbons (Fsp3) is 0.435. The average molecular weight is 383 g/mol. The van der Waals surface area contributed by atoms with E-state index >= 15 is 0 Å². The van der Waals surface area contributed by atoms with Crippen molar-refractivity contribution >= 4 is 28.1 Å². The number of nitrogens with zero attached hydrogens (tertiary/aromatic N) is 1. The summed E-state index contributed by atoms with van der Waals surface area (Å²) in [6.45, 7) is 9.37. The Balaban J connectivity index is 1.88. The number of hydrogen-bond donors (Lipinski definition) is 1. The summed E-state index contributed by atoms with van der Waals surface area (Å²) in [5.74, 6) is 0.434. The Morgan fingerprint density at radius 1 is 1.19 bits per heavy atom. The van der Waals surface area contributed by atoms with Gasteiger partial charge in [-0.05, 0) is 49.3 Å². The summed E-state index contributed by atoms with van der Waals surface area (Å²) in [4.78, 5) is 19.7. The Morgan fingerprint density at radius 3 is 2.67 bits per heavy atom. The largest absolute Gasteiger partial charge is 0.361 e. The van der Waals surface area contributed by atoms with Crippen LogP contribution in [0.3, 0.4) is 0 Å². The number of aromatic nitrogens is 1. The maximum absolute atomic E-state index is 13.0. The number of aromatic amines is 1. The first-order valence-corrected chi connectivity index (χ1v) is 10.9. The van der Waals surface area contributed by atoms with Crippen LogP contribution >= 0.6 is 11.3 Å². The van der Waals surface area contributed by atoms with Crippen LogP contribution in [0.15, 0.2) is 41.9 Å². The van der Waals surface area contributed by atoms with Crippen LogP contribution in [0.1, 0.15) is 58.4 Å². The average Bonchev–Trinajstić information content (AvgIpc) is 3.32. The van der Waals surface area contributed by atoms with Crippen molar-refractivity contribution in [1.29, 1.82) is 0 Å². The molecule has 3 rings (SSSR count). The molecule has 2 atom stereocenters. The smallest absolute Gasteiger partial charge is 0.223 e. The van der Waals surface area contributed by atoms with Crippen LogP contribution in [0, 0.1) is 0 Å². The number of benzene rings is 1. The predicted octanol–water partition coefficient (Wildman–Crippen LogP) is 6.43. The SMILES string of the molecule is CCCC(C)N(CC)C(=O)CC(C)c1c[nH]c2cccc(-c3cccs3)c12. The molecule has 0 fully saturated rings. The van der Waals surface area contributed by atoms with Gasteiger partial charge in [0.2, 0.25) is 5.91 Å². The van der Waals surface area contributed by atoms with Crippen LogP contribution in [-0.4, -0.2) is 28.4 Å². The lowest BCUT2D eigenvalue weighted by atomic mass is 9.93. The molecule has 0 saturated carbocycles. The summed E-state index contributed by atoms with van der Waals surface area (Å²) in [7, 11) is 0. The van der Waals surface area contributed by atoms with E-state index in [1.54, 1.807) is 11.3 Å². The zero-order valence-electron chi connectivity index (χ0n) is 16.8. The van der Waals surface area contributed by atoms with Crippen molar-refractivity contribution in [3.05, 3.63) is 47.5 Å². The van der Waals surface area contributed by atoms with Gasteiger partial charge in [-0.1, -0.05) is 38.5 Å². The van der Waals surface area contributed by atoms with Gasteiger partial charge in [-0.15, -0.1) is 11.3 Å². The van der Waals surface area contributed by atoms with Crippen LogP contribution < -0.4 is 0 Å². The monoisotopic (exact) mass is 382 g/mol. The van der Waals surface area contributed by atoms with Crippen molar-refractivity contribution < 1.29 is 4.79 Å². The van der Waals surface area contributed by atoms with E-state index in [-0.39, 0.29) is 11.8 Å². The van der Waals surface area contributed by atoms with Gasteiger partial charge in [-0.2, -0.15) is 0 Å². The van der Waals surface area contributed by atoms with Gasteiger partial charge in [0.25, 0.3) is 0 Å². The number of rotatable bonds is 8. The van der Waals surface area contributed by atoms with Crippen LogP contribution in [-0.2, 0) is 4.79 Å². The third kappa shape index (κ3) is 4.11. The highest BCUT2D eigenvalue weighted by atomic mass is 32.1. The minimum absolute atomic E-state index is 0.176. The first kappa shape index (κ1) is 19.7. The maximum Gasteiger partial charge on any atom is 0.223 e. The molecular weight excluding hydrogens is 352 g/mol. The molecule has 1 aromatic carbocycles. The number of carbonyl (C=O) groups is 1. The molecule has 27 heavy (non-hydrogen) atoms. The summed E-state index contributed by atoms with van der Waals surface area (Å²) in [5.41, 5.74) is 3.63. The van der Waals surface area contributed by atoms with Gasteiger partial charge in [0, 0.05) is 46.5 Å². The number of nitrogens with one attached hydrogen (secondary N) is 1. The van der Waals surface area contributed by atoms with Crippen molar-refractivity contribution in [2.24, 2.45) is 0 Å². The topological polar surface area (TPSA) is 36.1 Å². The van der Waals surface area contributed by atoms with E-state index in [4.69, 9.17) is 0 Å². The maximum atomic E-state index is 13.0. The van der Waals surface area contributed by atoms with Crippen molar-refractivity contribution in [3.63, 3.8) is 0 Å². The molecule has 2 aromatic heterocycles. The molecule has 144 valence electrons. The third-order valence-corrected chi connectivity index (χ3v) is 6.34. The lowest BCUT2D eigenvalue weighted by molar-refractivity contribution is -0.133. The molecule has 3 aromatic rings. The third-order valence-electron chi connectivity index (χ3n) is 5.43. The van der Waals surface area contributed by atoms with E-state index in [0.717, 1.165) is 24.9 Å². The van der Waals surface area contributed by atoms with Crippen molar-refractivity contribution in [2.75, 3.05) is 6.54 Å². The first-order valence-electron chi connectivity index (χ1n) is 10.00. The van der Waals surface area contributed by atoms with E-state index in [1.165, 1.54) is 21.4 Å². The van der Waals surface area contributed by atoms with Gasteiger partial charge < -0.3 is 9.88 Å². The van der Waals surface area contributed by atoms with E-state index in [1.807, 2.05) is 4.90 Å². The molecular formula is C23H30N2OS. The molecule has 0 saturated heterocycles. The fourth-order valence-corrected chi connectivity index (χ4v) is 4.79. The van der Waals surface area contributed by atoms with E-state index in [0.29, 0.717) is 12.5 Å². The van der Waals surface area contributed by atoms with Crippen molar-refractivity contribution in [1.82, 2.24) is 9.88 Å². The van der Waals surface area contributed by atoms with Gasteiger partial charge in [0.1, 0.15) is 0 Å². The molecule has 0 spiro atoms. The molecule has 1 amide bonds. The van der Waals surface area contributed by atoms with Crippen LogP contribution in [0.25, 0.3) is 21.3 Å². The summed E-state index contributed by atoms with van der Waals surface area (Å²) in [5, 5.41) is 3.37. The Labute approximate surface area is 166 Å². The van der Waals surface area contributed by atoms with Gasteiger partial charge in [-0.25, -0.2) is 0 Å². The molecule has 4 heteroatoms. The molecule has 2 unspecified atom stereocenters. The molecule has 0 bridgehead atoms. The standard InChI is InChI=1S/C23H30N2OS/c1-5-9-17(4)25(6-2)22(26)14-16(3)19-15-24-20-11-7-10-18(23(19)20)21-12-8-13-27-21/h7-8,10-13,15-17,24H,5-6,9,14H2,1-4H3. The Bertz CT molecular complexity index is 881. The van der Waals surface area contributed by atoms with Crippen LogP contribution in [0.2, 0.25) is 0 Å². The number of carbonyl (C=O) groups excluding carboxylic acids is 1. The summed E-state index contributed by atoms with van der Waals surface area (Å²) >= 11 is 1.76. The first-order chi connectivity index (χ1) is 13.1. The molecule has 0 aliphatic rings. The highest BCUT2D eigenvalue weighted by Crippen LogP contribution is 2.37. The summed E-state index contributed by atoms with van der Waals surface area (Å²) < 4.78 is 0. The van der Waals surface area contributed by atoms with Crippen LogP contribution in [0.5, 0.6) is 0 Å². The van der Waals surface area contributed by atoms with Crippen molar-refractivity contribution in [3.8, 4) is 10.4 Å². The van der Waals surface area contributed by atoms with Gasteiger partial charge in [0.05, 0.1) is 0 Å². The highest BCUT2D eigenvalue weighted by molar-refractivity contribution is 7.13. The van der Waals surface area contributed by atoms with Crippen molar-refractivity contribution in [2.45, 2.75) is 58.9 Å². The minimum atomic E-state index is 0.176. The summed E-state index contributed by atoms with van der Waals surface area (Å²) in [6.07, 6.45) is 4.80. The number of H-pyrrole nitrogens is 1. The molecule has 3 nitrogen and oxygen atoms in total. The number of hydrogen-bond acceptors (Lipinski definition) is 2. The molecule has 0 aliphatic carbocycles. The highest BCUT2D eigenvalue weighted by Gasteiger charge is 2.23. The minimum Gasteiger partial charge on any atom is -0.361 e. The fourth-order valence-electron chi connectivity index (χ4n) is 4.03. The molecule has 1 N–H and O–H groups in total. The lowest BCUT2D eigenvalue weighted by Gasteiger charge is -2.29. The van der Waals surface area contributed by atoms with Crippen LogP contribution in [0.4, 0.5) is 0 Å².